The Morgan fingerprint density at radius 3 is 1.75 bits per heavy atom. The van der Waals surface area contributed by atoms with E-state index >= 15 is 0 Å². The second-order valence-corrected chi connectivity index (χ2v) is 1.65. The molecule has 0 aliphatic rings. The van der Waals surface area contributed by atoms with Gasteiger partial charge in [0.15, 0.2) is 17.4 Å². The van der Waals surface area contributed by atoms with Crippen molar-refractivity contribution < 1.29 is 0 Å². The van der Waals surface area contributed by atoms with E-state index in [2.05, 4.69) is 19.1 Å². The van der Waals surface area contributed by atoms with Gasteiger partial charge in [-0.1, -0.05) is 35.9 Å². The van der Waals surface area contributed by atoms with Crippen molar-refractivity contribution in [2.75, 3.05) is 0 Å². The first-order valence-electron chi connectivity index (χ1n) is 2.41. The minimum atomic E-state index is 0. The van der Waals surface area contributed by atoms with E-state index < -0.39 is 0 Å². The van der Waals surface area contributed by atoms with Gasteiger partial charge in [-0.2, -0.15) is 0 Å². The van der Waals surface area contributed by atoms with Crippen LogP contribution in [0.3, 0.4) is 0 Å². The summed E-state index contributed by atoms with van der Waals surface area (Å²) in [5.74, 6) is 0. The fraction of sp³-hybridized carbons (Fsp3) is 0.143. The monoisotopic (exact) mass is 122 g/mol. The Hall–Kier alpha value is -0.248. The number of hydrogen-bond acceptors (Lipinski definition) is 0. The number of benzene rings is 1. The zero-order valence-electron chi connectivity index (χ0n) is 4.39. The summed E-state index contributed by atoms with van der Waals surface area (Å²) in [5.41, 5.74) is 1.32. The highest BCUT2D eigenvalue weighted by Gasteiger charge is 1.72. The zero-order valence-corrected chi connectivity index (χ0v) is 4.39. The summed E-state index contributed by atoms with van der Waals surface area (Å²) in [7, 11) is 0. The molecule has 8 heavy (non-hydrogen) atoms. The Labute approximate surface area is 60.7 Å². The molecular weight excluding hydrogens is 111 g/mol. The summed E-state index contributed by atoms with van der Waals surface area (Å²) in [4.78, 5) is 0. The quantitative estimate of drug-likeness (QED) is 0.447. The maximum Gasteiger partial charge on any atom is 0.187 e. The van der Waals surface area contributed by atoms with Crippen LogP contribution in [-0.2, 0) is 0 Å². The average Bonchev–Trinajstić information content (AvgIpc) is 1.69. The minimum Gasteiger partial charge on any atom is -0.0622 e. The number of rotatable bonds is 0. The molecule has 0 bridgehead atoms. The van der Waals surface area contributed by atoms with Crippen LogP contribution in [0.4, 0.5) is 0 Å². The highest BCUT2D eigenvalue weighted by atomic mass is 27.0. The van der Waals surface area contributed by atoms with E-state index in [1.54, 1.807) is 0 Å². The topological polar surface area (TPSA) is 0 Å². The molecule has 0 spiro atoms. The molecule has 42 valence electrons. The van der Waals surface area contributed by atoms with Crippen molar-refractivity contribution in [2.45, 2.75) is 6.92 Å². The lowest BCUT2D eigenvalue weighted by molar-refractivity contribution is 1.48. The van der Waals surface area contributed by atoms with E-state index in [0.29, 0.717) is 0 Å². The van der Waals surface area contributed by atoms with Crippen molar-refractivity contribution in [1.82, 2.24) is 0 Å². The molecule has 1 heteroatoms. The predicted molar refractivity (Wildman–Crippen MR) is 41.1 cm³/mol. The molecule has 0 fully saturated rings. The van der Waals surface area contributed by atoms with Crippen LogP contribution in [-0.4, -0.2) is 17.4 Å². The lowest BCUT2D eigenvalue weighted by atomic mass is 10.2. The Balaban J connectivity index is 0.000000490. The van der Waals surface area contributed by atoms with Crippen LogP contribution in [0, 0.1) is 6.92 Å². The van der Waals surface area contributed by atoms with Gasteiger partial charge in [-0.3, -0.25) is 0 Å². The van der Waals surface area contributed by atoms with Gasteiger partial charge in [-0.05, 0) is 6.92 Å². The van der Waals surface area contributed by atoms with Crippen LogP contribution >= 0.6 is 0 Å². The summed E-state index contributed by atoms with van der Waals surface area (Å²) >= 11 is 0. The standard InChI is InChI=1S/C7H8.Al.3H/c1-7-5-3-2-4-6-7;;;;/h2-6H,1H3;;;;. The van der Waals surface area contributed by atoms with Crippen molar-refractivity contribution in [1.29, 1.82) is 0 Å². The number of hydrogen-bond donors (Lipinski definition) is 0. The summed E-state index contributed by atoms with van der Waals surface area (Å²) in [6.45, 7) is 2.08. The van der Waals surface area contributed by atoms with Gasteiger partial charge in [-0.25, -0.2) is 0 Å². The highest BCUT2D eigenvalue weighted by molar-refractivity contribution is 5.75. The molecule has 0 aliphatic heterocycles. The summed E-state index contributed by atoms with van der Waals surface area (Å²) < 4.78 is 0. The van der Waals surface area contributed by atoms with E-state index in [4.69, 9.17) is 0 Å². The van der Waals surface area contributed by atoms with Gasteiger partial charge in [0.2, 0.25) is 0 Å². The maximum atomic E-state index is 2.08. The molecule has 1 aromatic carbocycles. The van der Waals surface area contributed by atoms with Crippen LogP contribution in [0.1, 0.15) is 5.56 Å². The van der Waals surface area contributed by atoms with E-state index in [0.717, 1.165) is 0 Å². The molecule has 0 unspecified atom stereocenters. The second kappa shape index (κ2) is 3.72. The first-order valence-corrected chi connectivity index (χ1v) is 2.41. The average molecular weight is 122 g/mol. The smallest absolute Gasteiger partial charge is 0.0622 e. The SMILES string of the molecule is Cc1ccccc1.[AlH3]. The van der Waals surface area contributed by atoms with E-state index in [1.807, 2.05) is 18.2 Å². The third-order valence-electron chi connectivity index (χ3n) is 0.940. The first kappa shape index (κ1) is 7.75. The third kappa shape index (κ3) is 2.16. The Bertz CT molecular complexity index is 134. The third-order valence-corrected chi connectivity index (χ3v) is 0.940. The van der Waals surface area contributed by atoms with Crippen LogP contribution in [0.15, 0.2) is 30.3 Å². The van der Waals surface area contributed by atoms with Crippen LogP contribution in [0.25, 0.3) is 0 Å². The summed E-state index contributed by atoms with van der Waals surface area (Å²) in [6.07, 6.45) is 0. The van der Waals surface area contributed by atoms with Gasteiger partial charge in [-0.15, -0.1) is 0 Å². The Morgan fingerprint density at radius 2 is 1.50 bits per heavy atom. The molecule has 0 radical (unpaired) electrons. The second-order valence-electron chi connectivity index (χ2n) is 1.65. The van der Waals surface area contributed by atoms with Gasteiger partial charge in [0.1, 0.15) is 0 Å². The van der Waals surface area contributed by atoms with E-state index in [-0.39, 0.29) is 17.4 Å². The molecule has 0 atom stereocenters. The van der Waals surface area contributed by atoms with E-state index in [1.165, 1.54) is 5.56 Å². The molecule has 0 amide bonds. The molecule has 0 N–H and O–H groups in total. The first-order chi connectivity index (χ1) is 3.39. The fourth-order valence-electron chi connectivity index (χ4n) is 0.534. The largest absolute Gasteiger partial charge is 0.187 e. The number of aryl methyl sites for hydroxylation is 1. The van der Waals surface area contributed by atoms with Crippen molar-refractivity contribution >= 4 is 17.4 Å². The molecule has 0 saturated heterocycles. The Morgan fingerprint density at radius 1 is 1.00 bits per heavy atom. The van der Waals surface area contributed by atoms with Gasteiger partial charge in [0, 0.05) is 0 Å². The van der Waals surface area contributed by atoms with Gasteiger partial charge in [0.25, 0.3) is 0 Å². The van der Waals surface area contributed by atoms with Crippen molar-refractivity contribution in [3.8, 4) is 0 Å². The lowest BCUT2D eigenvalue weighted by Crippen LogP contribution is -1.62. The molecule has 1 rings (SSSR count). The van der Waals surface area contributed by atoms with Gasteiger partial charge >= 0.3 is 0 Å². The summed E-state index contributed by atoms with van der Waals surface area (Å²) in [6, 6.07) is 10.3. The maximum absolute atomic E-state index is 2.08. The van der Waals surface area contributed by atoms with Crippen LogP contribution in [0.2, 0.25) is 0 Å². The minimum absolute atomic E-state index is 0. The molecule has 0 aliphatic carbocycles. The van der Waals surface area contributed by atoms with Crippen LogP contribution < -0.4 is 0 Å². The molecule has 0 aromatic heterocycles. The molecular formula is C7H11Al. The molecule has 0 nitrogen and oxygen atoms in total. The molecule has 1 aromatic rings. The zero-order chi connectivity index (χ0) is 5.11. The van der Waals surface area contributed by atoms with Crippen molar-refractivity contribution in [3.05, 3.63) is 35.9 Å². The van der Waals surface area contributed by atoms with Gasteiger partial charge in [0.05, 0.1) is 0 Å². The normalized spacial score (nSPS) is 7.62. The van der Waals surface area contributed by atoms with Crippen molar-refractivity contribution in [3.63, 3.8) is 0 Å². The molecule has 0 heterocycles. The van der Waals surface area contributed by atoms with E-state index in [9.17, 15) is 0 Å². The van der Waals surface area contributed by atoms with Crippen LogP contribution in [0.5, 0.6) is 0 Å². The predicted octanol–water partition coefficient (Wildman–Crippen LogP) is 0.811. The Kier molecular flexibility index (Phi) is 3.60. The lowest BCUT2D eigenvalue weighted by Gasteiger charge is -1.82. The summed E-state index contributed by atoms with van der Waals surface area (Å²) in [5, 5.41) is 0. The highest BCUT2D eigenvalue weighted by Crippen LogP contribution is 1.92. The van der Waals surface area contributed by atoms with Gasteiger partial charge < -0.3 is 0 Å². The fourth-order valence-corrected chi connectivity index (χ4v) is 0.534. The van der Waals surface area contributed by atoms with Crippen molar-refractivity contribution in [2.24, 2.45) is 0 Å². The molecule has 0 saturated carbocycles.